The molecule has 2 nitrogen and oxygen atoms in total. The first-order valence-electron chi connectivity index (χ1n) is 19.3. The molecule has 0 aliphatic heterocycles. The first-order chi connectivity index (χ1) is 27.8. The summed E-state index contributed by atoms with van der Waals surface area (Å²) in [5.41, 5.74) is 6.72. The molecule has 11 aromatic carbocycles. The third-order valence-corrected chi connectivity index (χ3v) is 12.4. The molecule has 0 saturated carbocycles. The quantitative estimate of drug-likeness (QED) is 0.132. The van der Waals surface area contributed by atoms with Gasteiger partial charge in [-0.25, -0.2) is 0 Å². The molecule has 0 radical (unpaired) electrons. The van der Waals surface area contributed by atoms with E-state index >= 15 is 0 Å². The van der Waals surface area contributed by atoms with Gasteiger partial charge >= 0.3 is 0 Å². The zero-order chi connectivity index (χ0) is 36.5. The van der Waals surface area contributed by atoms with Crippen molar-refractivity contribution in [2.75, 3.05) is 0 Å². The van der Waals surface area contributed by atoms with Crippen LogP contribution in [-0.4, -0.2) is 9.97 Å². The number of fused-ring (bicyclic) bond motifs is 7. The minimum Gasteiger partial charge on any atom is -0.254 e. The van der Waals surface area contributed by atoms with Gasteiger partial charge in [0.1, 0.15) is 0 Å². The van der Waals surface area contributed by atoms with E-state index in [4.69, 9.17) is 9.97 Å². The predicted octanol–water partition coefficient (Wildman–Crippen LogP) is 14.8. The molecule has 0 aliphatic rings. The third kappa shape index (κ3) is 3.95. The number of aromatic nitrogens is 2. The molecule has 2 aromatic heterocycles. The van der Waals surface area contributed by atoms with E-state index in [1.54, 1.807) is 0 Å². The Kier molecular flexibility index (Phi) is 5.92. The monoisotopic (exact) mass is 706 g/mol. The number of nitrogens with zero attached hydrogens (tertiary/aromatic N) is 2. The van der Waals surface area contributed by atoms with Gasteiger partial charge in [-0.05, 0) is 139 Å². The lowest BCUT2D eigenvalue weighted by Gasteiger charge is -2.20. The van der Waals surface area contributed by atoms with Crippen molar-refractivity contribution in [1.29, 1.82) is 0 Å². The molecule has 0 bridgehead atoms. The lowest BCUT2D eigenvalue weighted by molar-refractivity contribution is 1.37. The maximum Gasteiger partial charge on any atom is 0.0970 e. The van der Waals surface area contributed by atoms with Gasteiger partial charge in [0.25, 0.3) is 0 Å². The highest BCUT2D eigenvalue weighted by atomic mass is 14.7. The molecule has 13 rings (SSSR count). The molecule has 0 atom stereocenters. The summed E-state index contributed by atoms with van der Waals surface area (Å²) < 4.78 is 0. The summed E-state index contributed by atoms with van der Waals surface area (Å²) in [5, 5.41) is 22.6. The first-order valence-corrected chi connectivity index (χ1v) is 19.3. The van der Waals surface area contributed by atoms with E-state index in [1.165, 1.54) is 108 Å². The van der Waals surface area contributed by atoms with Crippen molar-refractivity contribution in [3.05, 3.63) is 182 Å². The van der Waals surface area contributed by atoms with E-state index in [1.807, 2.05) is 24.5 Å². The highest BCUT2D eigenvalue weighted by Gasteiger charge is 2.22. The molecule has 0 unspecified atom stereocenters. The molecular formula is C54H30N2. The summed E-state index contributed by atoms with van der Waals surface area (Å²) in [4.78, 5) is 9.67. The van der Waals surface area contributed by atoms with Crippen molar-refractivity contribution < 1.29 is 0 Å². The summed E-state index contributed by atoms with van der Waals surface area (Å²) in [6.07, 6.45) is 3.74. The van der Waals surface area contributed by atoms with Crippen LogP contribution in [0.4, 0.5) is 0 Å². The van der Waals surface area contributed by atoms with E-state index in [0.717, 1.165) is 21.8 Å². The fraction of sp³-hybridized carbons (Fsp3) is 0. The average Bonchev–Trinajstić information content (AvgIpc) is 3.26. The van der Waals surface area contributed by atoms with E-state index in [2.05, 4.69) is 158 Å². The zero-order valence-corrected chi connectivity index (χ0v) is 30.2. The second-order valence-electron chi connectivity index (χ2n) is 15.2. The largest absolute Gasteiger partial charge is 0.254 e. The van der Waals surface area contributed by atoms with Crippen LogP contribution in [0.1, 0.15) is 0 Å². The summed E-state index contributed by atoms with van der Waals surface area (Å²) >= 11 is 0. The maximum absolute atomic E-state index is 4.89. The predicted molar refractivity (Wildman–Crippen MR) is 239 cm³/mol. The van der Waals surface area contributed by atoms with Crippen LogP contribution in [0.5, 0.6) is 0 Å². The van der Waals surface area contributed by atoms with Gasteiger partial charge in [0.2, 0.25) is 0 Å². The average molecular weight is 707 g/mol. The second-order valence-corrected chi connectivity index (χ2v) is 15.2. The molecular weight excluding hydrogens is 677 g/mol. The molecule has 0 N–H and O–H groups in total. The number of pyridine rings is 2. The van der Waals surface area contributed by atoms with Gasteiger partial charge < -0.3 is 0 Å². The lowest BCUT2D eigenvalue weighted by Crippen LogP contribution is -1.94. The summed E-state index contributed by atoms with van der Waals surface area (Å²) in [6, 6.07) is 63.3. The molecule has 0 saturated heterocycles. The van der Waals surface area contributed by atoms with Crippen molar-refractivity contribution in [2.24, 2.45) is 0 Å². The SMILES string of the molecule is c1cnc2c(c1)cc(-c1c3ccccc3c(-c3cc4ccc5cccc6c7cccc8ccc9cccc(c(c3)c4c56)c9c87)c3ccccc13)c1cccnc12. The highest BCUT2D eigenvalue weighted by Crippen LogP contribution is 2.49. The Balaban J connectivity index is 1.23. The van der Waals surface area contributed by atoms with Crippen molar-refractivity contribution in [1.82, 2.24) is 9.97 Å². The van der Waals surface area contributed by atoms with Crippen molar-refractivity contribution in [3.8, 4) is 22.3 Å². The molecule has 2 heteroatoms. The fourth-order valence-electron chi connectivity index (χ4n) is 10.1. The Morgan fingerprint density at radius 1 is 0.268 bits per heavy atom. The van der Waals surface area contributed by atoms with Gasteiger partial charge in [-0.15, -0.1) is 0 Å². The van der Waals surface area contributed by atoms with Crippen LogP contribution in [0.2, 0.25) is 0 Å². The number of hydrogen-bond donors (Lipinski definition) is 0. The van der Waals surface area contributed by atoms with Crippen LogP contribution in [0.25, 0.3) is 130 Å². The van der Waals surface area contributed by atoms with Gasteiger partial charge in [0.05, 0.1) is 11.0 Å². The molecule has 256 valence electrons. The molecule has 0 amide bonds. The van der Waals surface area contributed by atoms with Gasteiger partial charge in [0, 0.05) is 23.2 Å². The van der Waals surface area contributed by atoms with Crippen molar-refractivity contribution >= 4 is 108 Å². The van der Waals surface area contributed by atoms with Gasteiger partial charge in [-0.1, -0.05) is 140 Å². The minimum absolute atomic E-state index is 0.927. The second kappa shape index (κ2) is 11.1. The topological polar surface area (TPSA) is 25.8 Å². The summed E-state index contributed by atoms with van der Waals surface area (Å²) in [5.74, 6) is 0. The van der Waals surface area contributed by atoms with Crippen LogP contribution in [0.3, 0.4) is 0 Å². The first kappa shape index (κ1) is 30.0. The molecule has 56 heavy (non-hydrogen) atoms. The Morgan fingerprint density at radius 3 is 1.32 bits per heavy atom. The summed E-state index contributed by atoms with van der Waals surface area (Å²) in [7, 11) is 0. The van der Waals surface area contributed by atoms with Crippen LogP contribution in [-0.2, 0) is 0 Å². The van der Waals surface area contributed by atoms with Crippen molar-refractivity contribution in [3.63, 3.8) is 0 Å². The smallest absolute Gasteiger partial charge is 0.0970 e. The van der Waals surface area contributed by atoms with Gasteiger partial charge in [-0.3, -0.25) is 9.97 Å². The summed E-state index contributed by atoms with van der Waals surface area (Å²) in [6.45, 7) is 0. The maximum atomic E-state index is 4.89. The standard InChI is InChI=1S/C54H30N2/c1-3-16-41-37(14-1)47(38-15-2-4-17-42(38)52(41)46-29-35-13-8-26-55-53(35)54-44(46)21-9-27-56-54)36-28-34-25-24-33-11-6-19-40-39-18-5-10-31-22-23-32-12-7-20-43(50(32)48(31)39)45(30-36)51(34)49(33)40/h1-30H. The lowest BCUT2D eigenvalue weighted by atomic mass is 9.83. The number of hydrogen-bond acceptors (Lipinski definition) is 2. The Hall–Kier alpha value is -7.42. The molecule has 0 spiro atoms. The van der Waals surface area contributed by atoms with Crippen LogP contribution in [0.15, 0.2) is 182 Å². The third-order valence-electron chi connectivity index (χ3n) is 12.4. The van der Waals surface area contributed by atoms with E-state index < -0.39 is 0 Å². The zero-order valence-electron chi connectivity index (χ0n) is 30.2. The Labute approximate surface area is 321 Å². The van der Waals surface area contributed by atoms with Crippen LogP contribution >= 0.6 is 0 Å². The van der Waals surface area contributed by atoms with Crippen LogP contribution < -0.4 is 0 Å². The normalized spacial score (nSPS) is 12.3. The van der Waals surface area contributed by atoms with Gasteiger partial charge in [-0.2, -0.15) is 0 Å². The number of rotatable bonds is 2. The molecule has 0 aliphatic carbocycles. The van der Waals surface area contributed by atoms with Gasteiger partial charge in [0.15, 0.2) is 0 Å². The molecule has 2 heterocycles. The fourth-order valence-corrected chi connectivity index (χ4v) is 10.1. The molecule has 13 aromatic rings. The van der Waals surface area contributed by atoms with E-state index in [9.17, 15) is 0 Å². The van der Waals surface area contributed by atoms with E-state index in [-0.39, 0.29) is 0 Å². The minimum atomic E-state index is 0.927. The Morgan fingerprint density at radius 2 is 0.714 bits per heavy atom. The highest BCUT2D eigenvalue weighted by molar-refractivity contribution is 6.37. The number of benzene rings is 10. The van der Waals surface area contributed by atoms with Crippen LogP contribution in [0, 0.1) is 0 Å². The Bertz CT molecular complexity index is 3760. The van der Waals surface area contributed by atoms with Crippen molar-refractivity contribution in [2.45, 2.75) is 0 Å². The van der Waals surface area contributed by atoms with E-state index in [0.29, 0.717) is 0 Å². The molecule has 0 fully saturated rings.